The number of carbonyl (C=O) groups is 1. The minimum absolute atomic E-state index is 0.303. The van der Waals surface area contributed by atoms with Crippen molar-refractivity contribution in [2.75, 3.05) is 25.2 Å². The zero-order chi connectivity index (χ0) is 27.4. The molecule has 0 spiro atoms. The molecule has 4 rings (SSSR count). The van der Waals surface area contributed by atoms with Crippen LogP contribution in [-0.4, -0.2) is 54.1 Å². The van der Waals surface area contributed by atoms with Crippen molar-refractivity contribution in [2.45, 2.75) is 46.3 Å². The Balaban J connectivity index is 1.61. The molecule has 1 aromatic carbocycles. The monoisotopic (exact) mass is 682 g/mol. The second kappa shape index (κ2) is 12.3. The van der Waals surface area contributed by atoms with Crippen molar-refractivity contribution in [1.82, 2.24) is 19.7 Å². The molecule has 0 fully saturated rings. The van der Waals surface area contributed by atoms with E-state index >= 15 is 0 Å². The van der Waals surface area contributed by atoms with Gasteiger partial charge < -0.3 is 14.4 Å². The van der Waals surface area contributed by atoms with Crippen LogP contribution < -0.4 is 9.70 Å². The number of esters is 1. The summed E-state index contributed by atoms with van der Waals surface area (Å²) in [5.41, 5.74) is 2.28. The third kappa shape index (κ3) is 6.86. The number of aromatic nitrogens is 4. The second-order valence-electron chi connectivity index (χ2n) is 9.85. The van der Waals surface area contributed by atoms with Gasteiger partial charge >= 0.3 is 5.97 Å². The standard InChI is InChI=1S/C25H31IN6O3S2Si/c1-7-35-23(33)20-21(26)37-24(27-20)31(3)19-14-16(2)22(30-29-19)28-25-32(15-34-12-13-38(4,5)6)17-10-8-9-11-18(17)36-25/h8-11,14H,7,12-13,15H2,1-6H3. The molecule has 3 heterocycles. The topological polar surface area (TPSA) is 94.7 Å². The lowest BCUT2D eigenvalue weighted by molar-refractivity contribution is 0.0519. The SMILES string of the molecule is CCOC(=O)c1nc(N(C)c2cc(C)c(N=c3sc4ccccc4n3COCC[Si](C)(C)C)nn2)sc1I. The van der Waals surface area contributed by atoms with Crippen LogP contribution in [0.15, 0.2) is 35.3 Å². The number of anilines is 2. The van der Waals surface area contributed by atoms with Crippen molar-refractivity contribution < 1.29 is 14.3 Å². The Morgan fingerprint density at radius 3 is 2.68 bits per heavy atom. The summed E-state index contributed by atoms with van der Waals surface area (Å²) in [5.74, 6) is 0.733. The fourth-order valence-corrected chi connectivity index (χ4v) is 6.91. The fourth-order valence-electron chi connectivity index (χ4n) is 3.45. The highest BCUT2D eigenvalue weighted by atomic mass is 127. The highest BCUT2D eigenvalue weighted by Crippen LogP contribution is 2.32. The summed E-state index contributed by atoms with van der Waals surface area (Å²) in [5, 5.41) is 9.49. The van der Waals surface area contributed by atoms with E-state index in [0.29, 0.717) is 35.8 Å². The smallest absolute Gasteiger partial charge is 0.359 e. The quantitative estimate of drug-likeness (QED) is 0.0833. The number of hydrogen-bond acceptors (Lipinski definition) is 10. The van der Waals surface area contributed by atoms with Crippen LogP contribution in [0.5, 0.6) is 0 Å². The van der Waals surface area contributed by atoms with Gasteiger partial charge in [-0.1, -0.05) is 54.4 Å². The Morgan fingerprint density at radius 2 is 1.97 bits per heavy atom. The molecule has 0 amide bonds. The number of benzene rings is 1. The molecule has 0 aliphatic carbocycles. The number of carbonyl (C=O) groups excluding carboxylic acids is 1. The lowest BCUT2D eigenvalue weighted by Crippen LogP contribution is -2.23. The van der Waals surface area contributed by atoms with E-state index in [1.807, 2.05) is 37.1 Å². The first-order valence-electron chi connectivity index (χ1n) is 12.2. The molecule has 9 nitrogen and oxygen atoms in total. The van der Waals surface area contributed by atoms with Crippen LogP contribution >= 0.6 is 45.3 Å². The third-order valence-corrected chi connectivity index (χ3v) is 10.5. The minimum atomic E-state index is -1.17. The Bertz CT molecular complexity index is 1510. The van der Waals surface area contributed by atoms with Crippen LogP contribution in [0.3, 0.4) is 0 Å². The van der Waals surface area contributed by atoms with Gasteiger partial charge in [0.05, 0.1) is 16.8 Å². The van der Waals surface area contributed by atoms with E-state index in [9.17, 15) is 4.79 Å². The van der Waals surface area contributed by atoms with E-state index in [1.165, 1.54) is 11.3 Å². The van der Waals surface area contributed by atoms with Gasteiger partial charge in [-0.05, 0) is 66.2 Å². The maximum absolute atomic E-state index is 12.2. The molecule has 202 valence electrons. The Morgan fingerprint density at radius 1 is 1.21 bits per heavy atom. The van der Waals surface area contributed by atoms with E-state index in [1.54, 1.807) is 18.3 Å². The lowest BCUT2D eigenvalue weighted by atomic mass is 10.3. The molecule has 13 heteroatoms. The Hall–Kier alpha value is -2.20. The summed E-state index contributed by atoms with van der Waals surface area (Å²) >= 11 is 5.10. The van der Waals surface area contributed by atoms with Gasteiger partial charge in [-0.2, -0.15) is 4.99 Å². The second-order valence-corrected chi connectivity index (χ2v) is 19.3. The number of rotatable bonds is 10. The molecule has 4 aromatic rings. The van der Waals surface area contributed by atoms with Crippen LogP contribution in [-0.2, 0) is 16.2 Å². The first-order valence-corrected chi connectivity index (χ1v) is 18.6. The molecule has 0 bridgehead atoms. The zero-order valence-electron chi connectivity index (χ0n) is 22.3. The van der Waals surface area contributed by atoms with Gasteiger partial charge in [0.25, 0.3) is 0 Å². The summed E-state index contributed by atoms with van der Waals surface area (Å²) in [6.45, 7) is 12.3. The number of halogens is 1. The van der Waals surface area contributed by atoms with Gasteiger partial charge in [0.2, 0.25) is 0 Å². The number of fused-ring (bicyclic) bond motifs is 1. The molecule has 0 saturated heterocycles. The fraction of sp³-hybridized carbons (Fsp3) is 0.400. The van der Waals surface area contributed by atoms with Crippen LogP contribution in [0.2, 0.25) is 25.7 Å². The van der Waals surface area contributed by atoms with Crippen LogP contribution in [0.4, 0.5) is 16.8 Å². The van der Waals surface area contributed by atoms with Gasteiger partial charge in [0, 0.05) is 21.7 Å². The van der Waals surface area contributed by atoms with Crippen LogP contribution in [0.25, 0.3) is 10.2 Å². The van der Waals surface area contributed by atoms with E-state index in [4.69, 9.17) is 14.5 Å². The maximum Gasteiger partial charge on any atom is 0.359 e. The molecule has 38 heavy (non-hydrogen) atoms. The number of hydrogen-bond donors (Lipinski definition) is 0. The van der Waals surface area contributed by atoms with Gasteiger partial charge in [0.15, 0.2) is 27.3 Å². The summed E-state index contributed by atoms with van der Waals surface area (Å²) in [6, 6.07) is 11.3. The number of ether oxygens (including phenoxy) is 2. The first kappa shape index (κ1) is 28.8. The van der Waals surface area contributed by atoms with Crippen LogP contribution in [0.1, 0.15) is 23.0 Å². The third-order valence-electron chi connectivity index (χ3n) is 5.63. The molecule has 0 radical (unpaired) electrons. The highest BCUT2D eigenvalue weighted by molar-refractivity contribution is 14.1. The first-order chi connectivity index (χ1) is 18.1. The average Bonchev–Trinajstić information content (AvgIpc) is 3.42. The number of aryl methyl sites for hydroxylation is 1. The molecule has 0 aliphatic rings. The predicted molar refractivity (Wildman–Crippen MR) is 165 cm³/mol. The van der Waals surface area contributed by atoms with Crippen molar-refractivity contribution in [1.29, 1.82) is 0 Å². The van der Waals surface area contributed by atoms with Crippen LogP contribution in [0, 0.1) is 9.81 Å². The van der Waals surface area contributed by atoms with Crippen molar-refractivity contribution >= 4 is 86.3 Å². The number of nitrogens with zero attached hydrogens (tertiary/aromatic N) is 6. The zero-order valence-corrected chi connectivity index (χ0v) is 27.1. The molecule has 0 aliphatic heterocycles. The van der Waals surface area contributed by atoms with Gasteiger partial charge in [-0.15, -0.1) is 10.2 Å². The van der Waals surface area contributed by atoms with E-state index in [-0.39, 0.29) is 0 Å². The molecule has 0 unspecified atom stereocenters. The maximum atomic E-state index is 12.2. The summed E-state index contributed by atoms with van der Waals surface area (Å²) in [7, 11) is 0.679. The Kier molecular flexibility index (Phi) is 9.34. The highest BCUT2D eigenvalue weighted by Gasteiger charge is 2.21. The summed E-state index contributed by atoms with van der Waals surface area (Å²) < 4.78 is 15.2. The molecular weight excluding hydrogens is 651 g/mol. The molecule has 0 saturated carbocycles. The largest absolute Gasteiger partial charge is 0.461 e. The van der Waals surface area contributed by atoms with Gasteiger partial charge in [-0.3, -0.25) is 4.57 Å². The summed E-state index contributed by atoms with van der Waals surface area (Å²) in [4.78, 5) is 24.2. The average molecular weight is 683 g/mol. The number of thiazole rings is 2. The lowest BCUT2D eigenvalue weighted by Gasteiger charge is -2.16. The van der Waals surface area contributed by atoms with Crippen molar-refractivity contribution in [3.63, 3.8) is 0 Å². The van der Waals surface area contributed by atoms with Gasteiger partial charge in [-0.25, -0.2) is 9.78 Å². The Labute approximate surface area is 244 Å². The van der Waals surface area contributed by atoms with Crippen molar-refractivity contribution in [3.05, 3.63) is 49.3 Å². The molecule has 3 aromatic heterocycles. The van der Waals surface area contributed by atoms with Crippen molar-refractivity contribution in [3.8, 4) is 0 Å². The number of para-hydroxylation sites is 1. The van der Waals surface area contributed by atoms with E-state index < -0.39 is 14.0 Å². The van der Waals surface area contributed by atoms with Crippen molar-refractivity contribution in [2.24, 2.45) is 4.99 Å². The summed E-state index contributed by atoms with van der Waals surface area (Å²) in [6.07, 6.45) is 0. The normalized spacial score (nSPS) is 12.3. The molecule has 0 N–H and O–H groups in total. The molecular formula is C25H31IN6O3S2Si. The predicted octanol–water partition coefficient (Wildman–Crippen LogP) is 6.35. The van der Waals surface area contributed by atoms with E-state index in [2.05, 4.69) is 74.1 Å². The molecule has 0 atom stereocenters. The van der Waals surface area contributed by atoms with E-state index in [0.717, 1.165) is 36.1 Å². The van der Waals surface area contributed by atoms with Gasteiger partial charge in [0.1, 0.15) is 9.61 Å². The minimum Gasteiger partial charge on any atom is -0.461 e.